The summed E-state index contributed by atoms with van der Waals surface area (Å²) in [6.07, 6.45) is 2.66. The van der Waals surface area contributed by atoms with Crippen molar-refractivity contribution in [2.75, 3.05) is 13.2 Å². The molecule has 0 saturated heterocycles. The minimum atomic E-state index is -0.0951. The molecule has 1 atom stereocenters. The molecule has 1 amide bonds. The molecule has 2 aliphatic heterocycles. The molecule has 0 aliphatic carbocycles. The highest BCUT2D eigenvalue weighted by atomic mass is 79.9. The fourth-order valence-electron chi connectivity index (χ4n) is 3.04. The van der Waals surface area contributed by atoms with Crippen LogP contribution in [-0.2, 0) is 4.79 Å². The highest BCUT2D eigenvalue weighted by Gasteiger charge is 2.25. The van der Waals surface area contributed by atoms with Crippen LogP contribution in [0, 0.1) is 0 Å². The highest BCUT2D eigenvalue weighted by molar-refractivity contribution is 9.10. The molecule has 1 N–H and O–H groups in total. The molecule has 122 valence electrons. The van der Waals surface area contributed by atoms with Gasteiger partial charge in [-0.25, -0.2) is 0 Å². The number of hydrogen-bond donors (Lipinski definition) is 1. The van der Waals surface area contributed by atoms with E-state index in [-0.39, 0.29) is 18.6 Å². The average molecular weight is 386 g/mol. The van der Waals surface area contributed by atoms with E-state index in [0.29, 0.717) is 12.2 Å². The van der Waals surface area contributed by atoms with Gasteiger partial charge in [0.05, 0.1) is 22.7 Å². The van der Waals surface area contributed by atoms with E-state index in [1.165, 1.54) is 0 Å². The Morgan fingerprint density at radius 2 is 2.00 bits per heavy atom. The van der Waals surface area contributed by atoms with Crippen molar-refractivity contribution in [3.05, 3.63) is 63.6 Å². The molecular weight excluding hydrogens is 370 g/mol. The number of carbonyl (C=O) groups excluding carboxylic acids is 1. The van der Waals surface area contributed by atoms with Crippen molar-refractivity contribution in [1.82, 2.24) is 5.32 Å². The SMILES string of the molecule is O=C(N[C@H]1CCOc2ccccc21)C1=Cc2cccc(Br)c2OC1. The Kier molecular flexibility index (Phi) is 4.02. The summed E-state index contributed by atoms with van der Waals surface area (Å²) in [5, 5.41) is 3.11. The molecule has 0 saturated carbocycles. The van der Waals surface area contributed by atoms with Gasteiger partial charge in [-0.2, -0.15) is 0 Å². The maximum atomic E-state index is 12.7. The van der Waals surface area contributed by atoms with Crippen LogP contribution in [0.2, 0.25) is 0 Å². The molecule has 0 unspecified atom stereocenters. The Balaban J connectivity index is 1.56. The zero-order chi connectivity index (χ0) is 16.5. The quantitative estimate of drug-likeness (QED) is 0.853. The summed E-state index contributed by atoms with van der Waals surface area (Å²) < 4.78 is 12.3. The van der Waals surface area contributed by atoms with Crippen LogP contribution >= 0.6 is 15.9 Å². The normalized spacial score (nSPS) is 18.4. The van der Waals surface area contributed by atoms with Gasteiger partial charge < -0.3 is 14.8 Å². The maximum absolute atomic E-state index is 12.7. The Morgan fingerprint density at radius 3 is 2.92 bits per heavy atom. The van der Waals surface area contributed by atoms with Crippen LogP contribution in [0.1, 0.15) is 23.6 Å². The lowest BCUT2D eigenvalue weighted by Crippen LogP contribution is -2.34. The van der Waals surface area contributed by atoms with E-state index >= 15 is 0 Å². The first-order valence-corrected chi connectivity index (χ1v) is 8.66. The number of halogens is 1. The standard InChI is InChI=1S/C19H16BrNO3/c20-15-6-3-4-12-10-13(11-24-18(12)15)19(22)21-16-8-9-23-17-7-2-1-5-14(16)17/h1-7,10,16H,8-9,11H2,(H,21,22)/t16-/m0/s1. The summed E-state index contributed by atoms with van der Waals surface area (Å²) in [5.74, 6) is 1.53. The van der Waals surface area contributed by atoms with E-state index in [4.69, 9.17) is 9.47 Å². The molecule has 0 aromatic heterocycles. The maximum Gasteiger partial charge on any atom is 0.251 e. The van der Waals surface area contributed by atoms with Crippen LogP contribution in [0.15, 0.2) is 52.5 Å². The third kappa shape index (κ3) is 2.80. The van der Waals surface area contributed by atoms with Gasteiger partial charge >= 0.3 is 0 Å². The number of fused-ring (bicyclic) bond motifs is 2. The second-order valence-electron chi connectivity index (χ2n) is 5.82. The van der Waals surface area contributed by atoms with Crippen molar-refractivity contribution in [3.8, 4) is 11.5 Å². The number of carbonyl (C=O) groups is 1. The first-order valence-electron chi connectivity index (χ1n) is 7.87. The number of nitrogens with one attached hydrogen (secondary N) is 1. The Labute approximate surface area is 148 Å². The Bertz CT molecular complexity index is 831. The third-order valence-corrected chi connectivity index (χ3v) is 4.88. The van der Waals surface area contributed by atoms with E-state index in [9.17, 15) is 4.79 Å². The van der Waals surface area contributed by atoms with Gasteiger partial charge in [-0.3, -0.25) is 4.79 Å². The molecule has 2 aliphatic rings. The van der Waals surface area contributed by atoms with Crippen molar-refractivity contribution >= 4 is 27.9 Å². The fraction of sp³-hybridized carbons (Fsp3) is 0.211. The Hall–Kier alpha value is -2.27. The van der Waals surface area contributed by atoms with E-state index < -0.39 is 0 Å². The molecule has 0 bridgehead atoms. The fourth-order valence-corrected chi connectivity index (χ4v) is 3.54. The van der Waals surface area contributed by atoms with Crippen LogP contribution in [0.4, 0.5) is 0 Å². The number of hydrogen-bond acceptors (Lipinski definition) is 3. The number of rotatable bonds is 2. The predicted molar refractivity (Wildman–Crippen MR) is 95.1 cm³/mol. The summed E-state index contributed by atoms with van der Waals surface area (Å²) in [7, 11) is 0. The minimum Gasteiger partial charge on any atom is -0.493 e. The van der Waals surface area contributed by atoms with Crippen LogP contribution in [0.25, 0.3) is 6.08 Å². The Morgan fingerprint density at radius 1 is 1.12 bits per heavy atom. The number of benzene rings is 2. The van der Waals surface area contributed by atoms with E-state index in [1.54, 1.807) is 0 Å². The van der Waals surface area contributed by atoms with Crippen molar-refractivity contribution in [2.45, 2.75) is 12.5 Å². The van der Waals surface area contributed by atoms with Gasteiger partial charge in [0.2, 0.25) is 0 Å². The lowest BCUT2D eigenvalue weighted by atomic mass is 9.99. The van der Waals surface area contributed by atoms with Crippen molar-refractivity contribution < 1.29 is 14.3 Å². The van der Waals surface area contributed by atoms with E-state index in [2.05, 4.69) is 21.2 Å². The second kappa shape index (κ2) is 6.32. The average Bonchev–Trinajstić information content (AvgIpc) is 2.62. The minimum absolute atomic E-state index is 0.0349. The molecule has 0 fully saturated rings. The summed E-state index contributed by atoms with van der Waals surface area (Å²) in [6, 6.07) is 13.6. The topological polar surface area (TPSA) is 47.6 Å². The van der Waals surface area contributed by atoms with Gasteiger partial charge in [0.15, 0.2) is 0 Å². The number of para-hydroxylation sites is 2. The van der Waals surface area contributed by atoms with Crippen LogP contribution in [0.5, 0.6) is 11.5 Å². The molecule has 4 rings (SSSR count). The van der Waals surface area contributed by atoms with Gasteiger partial charge in [0.25, 0.3) is 5.91 Å². The largest absolute Gasteiger partial charge is 0.493 e. The lowest BCUT2D eigenvalue weighted by molar-refractivity contribution is -0.118. The van der Waals surface area contributed by atoms with E-state index in [1.807, 2.05) is 48.5 Å². The molecule has 2 aromatic carbocycles. The lowest BCUT2D eigenvalue weighted by Gasteiger charge is -2.27. The molecule has 2 heterocycles. The molecule has 24 heavy (non-hydrogen) atoms. The first-order chi connectivity index (χ1) is 11.7. The zero-order valence-corrected chi connectivity index (χ0v) is 14.5. The van der Waals surface area contributed by atoms with Gasteiger partial charge in [-0.1, -0.05) is 30.3 Å². The van der Waals surface area contributed by atoms with Crippen LogP contribution < -0.4 is 14.8 Å². The van der Waals surface area contributed by atoms with Crippen molar-refractivity contribution in [2.24, 2.45) is 0 Å². The van der Waals surface area contributed by atoms with Crippen LogP contribution in [-0.4, -0.2) is 19.1 Å². The number of amides is 1. The van der Waals surface area contributed by atoms with E-state index in [0.717, 1.165) is 33.5 Å². The summed E-state index contributed by atoms with van der Waals surface area (Å²) in [5.41, 5.74) is 2.57. The molecule has 2 aromatic rings. The van der Waals surface area contributed by atoms with Gasteiger partial charge in [0, 0.05) is 17.5 Å². The molecular formula is C19H16BrNO3. The molecule has 5 heteroatoms. The van der Waals surface area contributed by atoms with Gasteiger partial charge in [-0.05, 0) is 34.1 Å². The van der Waals surface area contributed by atoms with Gasteiger partial charge in [-0.15, -0.1) is 0 Å². The summed E-state index contributed by atoms with van der Waals surface area (Å²) >= 11 is 3.47. The van der Waals surface area contributed by atoms with Gasteiger partial charge in [0.1, 0.15) is 18.1 Å². The van der Waals surface area contributed by atoms with Crippen molar-refractivity contribution in [1.29, 1.82) is 0 Å². The highest BCUT2D eigenvalue weighted by Crippen LogP contribution is 2.35. The van der Waals surface area contributed by atoms with Crippen molar-refractivity contribution in [3.63, 3.8) is 0 Å². The molecule has 0 radical (unpaired) electrons. The monoisotopic (exact) mass is 385 g/mol. The zero-order valence-electron chi connectivity index (χ0n) is 12.9. The molecule has 4 nitrogen and oxygen atoms in total. The third-order valence-electron chi connectivity index (χ3n) is 4.25. The first kappa shape index (κ1) is 15.3. The summed E-state index contributed by atoms with van der Waals surface area (Å²) in [4.78, 5) is 12.7. The second-order valence-corrected chi connectivity index (χ2v) is 6.67. The number of ether oxygens (including phenoxy) is 2. The van der Waals surface area contributed by atoms with Crippen LogP contribution in [0.3, 0.4) is 0 Å². The summed E-state index contributed by atoms with van der Waals surface area (Å²) in [6.45, 7) is 0.875. The smallest absolute Gasteiger partial charge is 0.251 e. The predicted octanol–water partition coefficient (Wildman–Crippen LogP) is 3.86. The molecule has 0 spiro atoms.